The second-order valence-electron chi connectivity index (χ2n) is 23.4. The lowest BCUT2D eigenvalue weighted by Crippen LogP contribution is -2.12. The first-order chi connectivity index (χ1) is 37.8. The molecule has 0 spiro atoms. The second-order valence-corrected chi connectivity index (χ2v) is 23.4. The molecule has 0 aliphatic rings. The normalized spacial score (nSPS) is 12.4. The minimum Gasteiger partial charge on any atom is -0.454 e. The van der Waals surface area contributed by atoms with Crippen molar-refractivity contribution in [3.63, 3.8) is 0 Å². The van der Waals surface area contributed by atoms with E-state index in [1.165, 1.54) is 65.7 Å². The van der Waals surface area contributed by atoms with Crippen LogP contribution in [-0.2, 0) is 10.8 Å². The minimum absolute atomic E-state index is 0.119. The largest absolute Gasteiger partial charge is 0.454 e. The zero-order valence-electron chi connectivity index (χ0n) is 45.5. The molecule has 0 bridgehead atoms. The molecule has 0 aliphatic heterocycles. The summed E-state index contributed by atoms with van der Waals surface area (Å²) in [6.07, 6.45) is 0. The lowest BCUT2D eigenvalue weighted by molar-refractivity contribution is 0.572. The third kappa shape index (κ3) is 7.49. The van der Waals surface area contributed by atoms with Gasteiger partial charge in [0, 0.05) is 54.8 Å². The molecule has 0 unspecified atom stereocenters. The van der Waals surface area contributed by atoms with Crippen molar-refractivity contribution < 1.29 is 8.83 Å². The molecule has 378 valence electrons. The number of hydrogen-bond donors (Lipinski definition) is 0. The summed E-state index contributed by atoms with van der Waals surface area (Å²) in [5.74, 6) is 0. The number of hydrogen-bond acceptors (Lipinski definition) is 4. The number of aryl methyl sites for hydroxylation is 2. The average Bonchev–Trinajstić information content (AvgIpc) is 4.18. The summed E-state index contributed by atoms with van der Waals surface area (Å²) in [6, 6.07) is 80.1. The molecule has 14 aromatic rings. The molecule has 0 atom stereocenters. The van der Waals surface area contributed by atoms with E-state index in [1.807, 2.05) is 0 Å². The molecule has 0 saturated carbocycles. The van der Waals surface area contributed by atoms with Gasteiger partial charge in [0.05, 0.1) is 22.7 Å². The van der Waals surface area contributed by atoms with Crippen LogP contribution in [0, 0.1) is 13.8 Å². The lowest BCUT2D eigenvalue weighted by Gasteiger charge is -2.29. The molecule has 14 rings (SSSR count). The van der Waals surface area contributed by atoms with E-state index in [9.17, 15) is 0 Å². The van der Waals surface area contributed by atoms with E-state index in [0.717, 1.165) is 89.1 Å². The van der Waals surface area contributed by atoms with E-state index in [1.54, 1.807) is 0 Å². The fourth-order valence-corrected chi connectivity index (χ4v) is 12.5. The molecular weight excluding hydrogens is 949 g/mol. The zero-order chi connectivity index (χ0) is 53.2. The first-order valence-electron chi connectivity index (χ1n) is 27.3. The number of nitrogens with zero attached hydrogens (tertiary/aromatic N) is 2. The Morgan fingerprint density at radius 1 is 0.282 bits per heavy atom. The van der Waals surface area contributed by atoms with Crippen molar-refractivity contribution in [2.24, 2.45) is 0 Å². The zero-order valence-corrected chi connectivity index (χ0v) is 45.5. The third-order valence-corrected chi connectivity index (χ3v) is 16.3. The van der Waals surface area contributed by atoms with Crippen molar-refractivity contribution in [3.8, 4) is 22.3 Å². The standard InChI is InChI=1S/C74H60N2O2/c1-45-25-41-59(73(3,4)5)71-65(45)57-21-15-23-63(69(57)77-71)75(53-35-27-49(28-36-53)47-17-11-9-12-18-47)61-43-33-51-32-40-56-62(44-34-52-31-39-55(61)67(51)68(52)56)76(54-37-29-50(30-38-54)48-19-13-10-14-20-48)64-24-16-22-58-66-46(2)26-42-60(74(6,7)8)72(66)78-70(58)64/h9-44H,1-8H3. The SMILES string of the molecule is Cc1ccc(C(C)(C)C)c2oc3c(N(c4ccc(-c5ccccc5)cc4)c4ccc5ccc6c(N(c7ccc(-c8ccccc8)cc7)c7cccc8c7oc7c(C(C)(C)C)ccc(C)c78)ccc7ccc4c5c76)cccc3c12. The maximum absolute atomic E-state index is 7.25. The monoisotopic (exact) mass is 1010 g/mol. The van der Waals surface area contributed by atoms with Crippen molar-refractivity contribution in [3.05, 3.63) is 241 Å². The number of furan rings is 2. The average molecular weight is 1010 g/mol. The molecule has 2 heterocycles. The smallest absolute Gasteiger partial charge is 0.159 e. The van der Waals surface area contributed by atoms with Crippen LogP contribution in [0.15, 0.2) is 227 Å². The van der Waals surface area contributed by atoms with Gasteiger partial charge in [0.15, 0.2) is 11.2 Å². The van der Waals surface area contributed by atoms with Crippen molar-refractivity contribution >= 4 is 110 Å². The maximum atomic E-state index is 7.25. The second kappa shape index (κ2) is 17.7. The minimum atomic E-state index is -0.119. The van der Waals surface area contributed by atoms with Gasteiger partial charge in [-0.1, -0.05) is 211 Å². The summed E-state index contributed by atoms with van der Waals surface area (Å²) in [4.78, 5) is 4.85. The van der Waals surface area contributed by atoms with Crippen molar-refractivity contribution in [1.82, 2.24) is 0 Å². The summed E-state index contributed by atoms with van der Waals surface area (Å²) in [5, 5.41) is 11.7. The molecule has 4 heteroatoms. The van der Waals surface area contributed by atoms with Gasteiger partial charge in [-0.3, -0.25) is 0 Å². The number of benzene rings is 12. The molecule has 78 heavy (non-hydrogen) atoms. The van der Waals surface area contributed by atoms with E-state index in [-0.39, 0.29) is 10.8 Å². The number of para-hydroxylation sites is 2. The molecule has 0 fully saturated rings. The van der Waals surface area contributed by atoms with Crippen LogP contribution < -0.4 is 9.80 Å². The molecule has 0 saturated heterocycles. The van der Waals surface area contributed by atoms with Crippen LogP contribution in [0.2, 0.25) is 0 Å². The lowest BCUT2D eigenvalue weighted by atomic mass is 9.85. The molecule has 12 aromatic carbocycles. The summed E-state index contributed by atoms with van der Waals surface area (Å²) >= 11 is 0. The topological polar surface area (TPSA) is 32.8 Å². The van der Waals surface area contributed by atoms with Gasteiger partial charge < -0.3 is 18.6 Å². The van der Waals surface area contributed by atoms with E-state index < -0.39 is 0 Å². The van der Waals surface area contributed by atoms with Gasteiger partial charge in [0.25, 0.3) is 0 Å². The highest BCUT2D eigenvalue weighted by Gasteiger charge is 2.29. The first kappa shape index (κ1) is 47.3. The van der Waals surface area contributed by atoms with Crippen LogP contribution in [-0.4, -0.2) is 0 Å². The van der Waals surface area contributed by atoms with E-state index in [2.05, 4.69) is 284 Å². The highest BCUT2D eigenvalue weighted by Crippen LogP contribution is 2.52. The Hall–Kier alpha value is -9.12. The maximum Gasteiger partial charge on any atom is 0.159 e. The van der Waals surface area contributed by atoms with Gasteiger partial charge in [-0.25, -0.2) is 0 Å². The number of rotatable bonds is 8. The predicted molar refractivity (Wildman–Crippen MR) is 332 cm³/mol. The Labute approximate surface area is 455 Å². The number of fused-ring (bicyclic) bond motifs is 6. The van der Waals surface area contributed by atoms with Crippen LogP contribution >= 0.6 is 0 Å². The Balaban J connectivity index is 1.02. The molecule has 0 aliphatic carbocycles. The molecule has 0 radical (unpaired) electrons. The van der Waals surface area contributed by atoms with Crippen molar-refractivity contribution in [2.75, 3.05) is 9.80 Å². The first-order valence-corrected chi connectivity index (χ1v) is 27.3. The highest BCUT2D eigenvalue weighted by molar-refractivity contribution is 6.29. The summed E-state index contributed by atoms with van der Waals surface area (Å²) in [7, 11) is 0. The van der Waals surface area contributed by atoms with Crippen molar-refractivity contribution in [1.29, 1.82) is 0 Å². The quantitative estimate of drug-likeness (QED) is 0.142. The van der Waals surface area contributed by atoms with Gasteiger partial charge in [-0.2, -0.15) is 0 Å². The Kier molecular flexibility index (Phi) is 10.8. The van der Waals surface area contributed by atoms with E-state index in [4.69, 9.17) is 8.83 Å². The van der Waals surface area contributed by atoms with Crippen LogP contribution in [0.5, 0.6) is 0 Å². The fourth-order valence-electron chi connectivity index (χ4n) is 12.5. The van der Waals surface area contributed by atoms with E-state index in [0.29, 0.717) is 0 Å². The fraction of sp³-hybridized carbons (Fsp3) is 0.135. The molecule has 2 aromatic heterocycles. The Bertz CT molecular complexity index is 4330. The van der Waals surface area contributed by atoms with Gasteiger partial charge in [0.2, 0.25) is 0 Å². The van der Waals surface area contributed by atoms with Crippen molar-refractivity contribution in [2.45, 2.75) is 66.2 Å². The van der Waals surface area contributed by atoms with Crippen LogP contribution in [0.25, 0.3) is 98.4 Å². The summed E-state index contributed by atoms with van der Waals surface area (Å²) < 4.78 is 14.5. The summed E-state index contributed by atoms with van der Waals surface area (Å²) in [6.45, 7) is 18.0. The molecule has 4 nitrogen and oxygen atoms in total. The third-order valence-electron chi connectivity index (χ3n) is 16.3. The predicted octanol–water partition coefficient (Wildman–Crippen LogP) is 21.9. The molecule has 0 amide bonds. The van der Waals surface area contributed by atoms with Gasteiger partial charge in [-0.15, -0.1) is 0 Å². The Morgan fingerprint density at radius 2 is 0.654 bits per heavy atom. The molecule has 0 N–H and O–H groups in total. The summed E-state index contributed by atoms with van der Waals surface area (Å²) in [5.41, 5.74) is 19.1. The molecular formula is C74H60N2O2. The van der Waals surface area contributed by atoms with Crippen LogP contribution in [0.4, 0.5) is 34.1 Å². The highest BCUT2D eigenvalue weighted by atomic mass is 16.3. The van der Waals surface area contributed by atoms with Crippen LogP contribution in [0.1, 0.15) is 63.8 Å². The van der Waals surface area contributed by atoms with Gasteiger partial charge in [0.1, 0.15) is 11.2 Å². The Morgan fingerprint density at radius 3 is 1.04 bits per heavy atom. The van der Waals surface area contributed by atoms with Gasteiger partial charge in [-0.05, 0) is 128 Å². The van der Waals surface area contributed by atoms with Crippen LogP contribution in [0.3, 0.4) is 0 Å². The van der Waals surface area contributed by atoms with E-state index >= 15 is 0 Å². The number of anilines is 6. The van der Waals surface area contributed by atoms with Gasteiger partial charge >= 0.3 is 0 Å².